The van der Waals surface area contributed by atoms with Crippen molar-refractivity contribution in [3.05, 3.63) is 29.2 Å². The van der Waals surface area contributed by atoms with Gasteiger partial charge in [-0.15, -0.1) is 11.3 Å². The molecule has 2 aromatic heterocycles. The van der Waals surface area contributed by atoms with E-state index >= 15 is 0 Å². The molecule has 5 heteroatoms. The largest absolute Gasteiger partial charge is 0.312 e. The molecule has 4 nitrogen and oxygen atoms in total. The molecule has 0 bridgehead atoms. The van der Waals surface area contributed by atoms with Crippen LogP contribution in [0.15, 0.2) is 18.6 Å². The fourth-order valence-electron chi connectivity index (χ4n) is 2.06. The highest BCUT2D eigenvalue weighted by atomic mass is 32.1. The van der Waals surface area contributed by atoms with Crippen molar-refractivity contribution >= 4 is 11.3 Å². The maximum atomic E-state index is 4.80. The Morgan fingerprint density at radius 3 is 2.95 bits per heavy atom. The van der Waals surface area contributed by atoms with Crippen molar-refractivity contribution in [2.24, 2.45) is 0 Å². The first-order valence-electron chi connectivity index (χ1n) is 6.85. The number of hydrogen-bond acceptors (Lipinski definition) is 5. The van der Waals surface area contributed by atoms with Crippen molar-refractivity contribution in [1.82, 2.24) is 20.3 Å². The van der Waals surface area contributed by atoms with Gasteiger partial charge in [-0.1, -0.05) is 6.92 Å². The van der Waals surface area contributed by atoms with Crippen molar-refractivity contribution in [3.8, 4) is 10.7 Å². The molecule has 3 rings (SSSR count). The van der Waals surface area contributed by atoms with E-state index in [1.807, 2.05) is 0 Å². The molecule has 0 amide bonds. The van der Waals surface area contributed by atoms with E-state index in [9.17, 15) is 0 Å². The number of rotatable bonds is 6. The Labute approximate surface area is 117 Å². The van der Waals surface area contributed by atoms with Gasteiger partial charge in [-0.3, -0.25) is 9.97 Å². The number of nitrogens with zero attached hydrogens (tertiary/aromatic N) is 3. The van der Waals surface area contributed by atoms with E-state index in [4.69, 9.17) is 4.98 Å². The topological polar surface area (TPSA) is 50.7 Å². The lowest BCUT2D eigenvalue weighted by molar-refractivity contribution is 0.676. The molecule has 2 aromatic rings. The van der Waals surface area contributed by atoms with Crippen LogP contribution < -0.4 is 5.32 Å². The Morgan fingerprint density at radius 2 is 2.26 bits per heavy atom. The van der Waals surface area contributed by atoms with Crippen LogP contribution in [0.1, 0.15) is 42.7 Å². The predicted octanol–water partition coefficient (Wildman–Crippen LogP) is 2.98. The summed E-state index contributed by atoms with van der Waals surface area (Å²) >= 11 is 1.76. The maximum absolute atomic E-state index is 4.80. The highest BCUT2D eigenvalue weighted by Crippen LogP contribution is 2.43. The molecule has 0 spiro atoms. The molecule has 100 valence electrons. The second kappa shape index (κ2) is 5.75. The minimum atomic E-state index is 0.681. The second-order valence-electron chi connectivity index (χ2n) is 4.87. The van der Waals surface area contributed by atoms with Gasteiger partial charge in [-0.2, -0.15) is 0 Å². The van der Waals surface area contributed by atoms with E-state index in [0.717, 1.165) is 30.2 Å². The van der Waals surface area contributed by atoms with Gasteiger partial charge < -0.3 is 5.32 Å². The minimum Gasteiger partial charge on any atom is -0.312 e. The zero-order valence-corrected chi connectivity index (χ0v) is 11.9. The van der Waals surface area contributed by atoms with Crippen molar-refractivity contribution in [2.75, 3.05) is 6.54 Å². The lowest BCUT2D eigenvalue weighted by atomic mass is 10.2. The normalized spacial score (nSPS) is 14.8. The Balaban J connectivity index is 1.84. The first-order chi connectivity index (χ1) is 9.38. The molecule has 0 aromatic carbocycles. The van der Waals surface area contributed by atoms with Crippen molar-refractivity contribution in [1.29, 1.82) is 0 Å². The van der Waals surface area contributed by atoms with Gasteiger partial charge in [0.25, 0.3) is 0 Å². The average molecular weight is 274 g/mol. The molecule has 0 unspecified atom stereocenters. The number of hydrogen-bond donors (Lipinski definition) is 1. The van der Waals surface area contributed by atoms with Crippen molar-refractivity contribution < 1.29 is 0 Å². The fourth-order valence-corrected chi connectivity index (χ4v) is 3.14. The first-order valence-corrected chi connectivity index (χ1v) is 7.67. The summed E-state index contributed by atoms with van der Waals surface area (Å²) in [5.74, 6) is 0.681. The van der Waals surface area contributed by atoms with Crippen molar-refractivity contribution in [2.45, 2.75) is 38.6 Å². The van der Waals surface area contributed by atoms with Crippen molar-refractivity contribution in [3.63, 3.8) is 0 Å². The Kier molecular flexibility index (Phi) is 3.84. The third kappa shape index (κ3) is 2.98. The van der Waals surface area contributed by atoms with Crippen LogP contribution in [0.3, 0.4) is 0 Å². The molecule has 0 aliphatic heterocycles. The number of thiazole rings is 1. The van der Waals surface area contributed by atoms with E-state index in [1.165, 1.54) is 23.4 Å². The zero-order chi connectivity index (χ0) is 13.1. The van der Waals surface area contributed by atoms with Crippen LogP contribution in [0.5, 0.6) is 0 Å². The van der Waals surface area contributed by atoms with Crippen LogP contribution in [-0.4, -0.2) is 21.5 Å². The second-order valence-corrected chi connectivity index (χ2v) is 5.95. The van der Waals surface area contributed by atoms with Crippen LogP contribution in [0.4, 0.5) is 0 Å². The molecule has 0 saturated heterocycles. The smallest absolute Gasteiger partial charge is 0.144 e. The molecule has 1 saturated carbocycles. The Hall–Kier alpha value is -1.33. The van der Waals surface area contributed by atoms with E-state index in [0.29, 0.717) is 5.92 Å². The standard InChI is InChI=1S/C14H18N4S/c1-2-5-15-9-12-13(10-3-4-10)18-14(19-12)11-8-16-6-7-17-11/h6-8,10,15H,2-5,9H2,1H3. The van der Waals surface area contributed by atoms with Gasteiger partial charge in [0.15, 0.2) is 0 Å². The van der Waals surface area contributed by atoms with E-state index in [2.05, 4.69) is 22.2 Å². The van der Waals surface area contributed by atoms with E-state index in [1.54, 1.807) is 29.9 Å². The van der Waals surface area contributed by atoms with Gasteiger partial charge in [-0.25, -0.2) is 4.98 Å². The molecule has 1 aliphatic rings. The van der Waals surface area contributed by atoms with Crippen LogP contribution in [0.2, 0.25) is 0 Å². The van der Waals surface area contributed by atoms with Gasteiger partial charge in [0.2, 0.25) is 0 Å². The summed E-state index contributed by atoms with van der Waals surface area (Å²) in [6, 6.07) is 0. The van der Waals surface area contributed by atoms with Crippen LogP contribution in [0, 0.1) is 0 Å². The fraction of sp³-hybridized carbons (Fsp3) is 0.500. The van der Waals surface area contributed by atoms with Gasteiger partial charge in [-0.05, 0) is 25.8 Å². The van der Waals surface area contributed by atoms with Crippen LogP contribution in [-0.2, 0) is 6.54 Å². The zero-order valence-electron chi connectivity index (χ0n) is 11.1. The quantitative estimate of drug-likeness (QED) is 0.823. The lowest BCUT2D eigenvalue weighted by Gasteiger charge is -2.01. The molecule has 1 N–H and O–H groups in total. The molecule has 1 aliphatic carbocycles. The molecule has 0 radical (unpaired) electrons. The van der Waals surface area contributed by atoms with E-state index in [-0.39, 0.29) is 0 Å². The molecule has 2 heterocycles. The number of aromatic nitrogens is 3. The van der Waals surface area contributed by atoms with Crippen LogP contribution >= 0.6 is 11.3 Å². The van der Waals surface area contributed by atoms with Gasteiger partial charge in [0.1, 0.15) is 10.7 Å². The molecular formula is C14H18N4S. The number of nitrogens with one attached hydrogen (secondary N) is 1. The Bertz CT molecular complexity index is 534. The third-order valence-electron chi connectivity index (χ3n) is 3.19. The summed E-state index contributed by atoms with van der Waals surface area (Å²) in [4.78, 5) is 14.6. The van der Waals surface area contributed by atoms with Crippen LogP contribution in [0.25, 0.3) is 10.7 Å². The maximum Gasteiger partial charge on any atom is 0.144 e. The molecule has 1 fully saturated rings. The Morgan fingerprint density at radius 1 is 1.37 bits per heavy atom. The monoisotopic (exact) mass is 274 g/mol. The first kappa shape index (κ1) is 12.7. The minimum absolute atomic E-state index is 0.681. The van der Waals surface area contributed by atoms with Gasteiger partial charge in [0.05, 0.1) is 11.9 Å². The highest BCUT2D eigenvalue weighted by Gasteiger charge is 2.29. The summed E-state index contributed by atoms with van der Waals surface area (Å²) in [7, 11) is 0. The summed E-state index contributed by atoms with van der Waals surface area (Å²) in [6.45, 7) is 4.17. The molecule has 19 heavy (non-hydrogen) atoms. The van der Waals surface area contributed by atoms with Gasteiger partial charge in [0, 0.05) is 29.7 Å². The summed E-state index contributed by atoms with van der Waals surface area (Å²) in [5, 5.41) is 4.48. The molecule has 0 atom stereocenters. The molecular weight excluding hydrogens is 256 g/mol. The lowest BCUT2D eigenvalue weighted by Crippen LogP contribution is -2.13. The SMILES string of the molecule is CCCNCc1sc(-c2cnccn2)nc1C1CC1. The van der Waals surface area contributed by atoms with E-state index < -0.39 is 0 Å². The summed E-state index contributed by atoms with van der Waals surface area (Å²) < 4.78 is 0. The highest BCUT2D eigenvalue weighted by molar-refractivity contribution is 7.15. The average Bonchev–Trinajstić information content (AvgIpc) is 3.21. The third-order valence-corrected chi connectivity index (χ3v) is 4.28. The predicted molar refractivity (Wildman–Crippen MR) is 77.1 cm³/mol. The van der Waals surface area contributed by atoms with Gasteiger partial charge >= 0.3 is 0 Å². The summed E-state index contributed by atoms with van der Waals surface area (Å²) in [5.41, 5.74) is 2.17. The summed E-state index contributed by atoms with van der Waals surface area (Å²) in [6.07, 6.45) is 8.94.